The second kappa shape index (κ2) is 4.83. The molecule has 1 heterocycles. The number of nitrogens with zero attached hydrogens (tertiary/aromatic N) is 2. The molecule has 3 heteroatoms. The molecule has 0 saturated heterocycles. The first kappa shape index (κ1) is 11.4. The van der Waals surface area contributed by atoms with Crippen molar-refractivity contribution in [3.05, 3.63) is 24.0 Å². The number of aliphatic hydroxyl groups excluding tert-OH is 1. The van der Waals surface area contributed by atoms with E-state index in [1.807, 2.05) is 12.3 Å². The van der Waals surface area contributed by atoms with E-state index in [4.69, 9.17) is 0 Å². The van der Waals surface area contributed by atoms with Gasteiger partial charge in [0, 0.05) is 12.6 Å². The zero-order chi connectivity index (χ0) is 11.5. The molecule has 0 radical (unpaired) electrons. The molecule has 1 fully saturated rings. The first-order chi connectivity index (χ1) is 7.72. The Kier molecular flexibility index (Phi) is 3.44. The molecule has 2 rings (SSSR count). The lowest BCUT2D eigenvalue weighted by atomic mass is 10.2. The molecule has 1 saturated carbocycles. The summed E-state index contributed by atoms with van der Waals surface area (Å²) in [6.45, 7) is 5.04. The van der Waals surface area contributed by atoms with E-state index in [1.54, 1.807) is 6.92 Å². The molecule has 1 N–H and O–H groups in total. The first-order valence-corrected chi connectivity index (χ1v) is 6.13. The van der Waals surface area contributed by atoms with E-state index in [-0.39, 0.29) is 0 Å². The Balaban J connectivity index is 2.11. The highest BCUT2D eigenvalue weighted by molar-refractivity contribution is 5.47. The van der Waals surface area contributed by atoms with Gasteiger partial charge in [-0.1, -0.05) is 6.92 Å². The fourth-order valence-electron chi connectivity index (χ4n) is 1.96. The number of aromatic nitrogens is 1. The number of aliphatic hydroxyl groups is 1. The molecule has 0 aromatic carbocycles. The van der Waals surface area contributed by atoms with Gasteiger partial charge in [-0.15, -0.1) is 0 Å². The minimum Gasteiger partial charge on any atom is -0.387 e. The minimum atomic E-state index is -0.477. The fourth-order valence-corrected chi connectivity index (χ4v) is 1.96. The van der Waals surface area contributed by atoms with E-state index < -0.39 is 6.10 Å². The fraction of sp³-hybridized carbons (Fsp3) is 0.615. The molecule has 0 bridgehead atoms. The molecule has 0 unspecified atom stereocenters. The maximum atomic E-state index is 9.40. The van der Waals surface area contributed by atoms with Crippen molar-refractivity contribution in [1.29, 1.82) is 0 Å². The van der Waals surface area contributed by atoms with Crippen LogP contribution in [0.3, 0.4) is 0 Å². The Morgan fingerprint density at radius 2 is 2.25 bits per heavy atom. The Labute approximate surface area is 97.1 Å². The Morgan fingerprint density at radius 3 is 2.69 bits per heavy atom. The summed E-state index contributed by atoms with van der Waals surface area (Å²) in [6.07, 6.45) is 5.18. The molecule has 88 valence electrons. The summed E-state index contributed by atoms with van der Waals surface area (Å²) in [5.41, 5.74) is 1.93. The Hall–Kier alpha value is -1.09. The standard InChI is InChI=1S/C13H20N2O/c1-3-8-15(11-4-5-11)12-6-7-13(10(2)16)14-9-12/h6-7,9-11,16H,3-5,8H2,1-2H3/t10-/m1/s1. The van der Waals surface area contributed by atoms with Gasteiger partial charge in [0.25, 0.3) is 0 Å². The first-order valence-electron chi connectivity index (χ1n) is 6.13. The highest BCUT2D eigenvalue weighted by Gasteiger charge is 2.28. The molecular formula is C13H20N2O. The summed E-state index contributed by atoms with van der Waals surface area (Å²) in [5, 5.41) is 9.40. The third kappa shape index (κ3) is 2.53. The number of hydrogen-bond acceptors (Lipinski definition) is 3. The van der Waals surface area contributed by atoms with Crippen LogP contribution in [-0.2, 0) is 0 Å². The summed E-state index contributed by atoms with van der Waals surface area (Å²) in [5.74, 6) is 0. The van der Waals surface area contributed by atoms with Crippen LogP contribution in [0.1, 0.15) is 44.9 Å². The summed E-state index contributed by atoms with van der Waals surface area (Å²) >= 11 is 0. The van der Waals surface area contributed by atoms with Crippen molar-refractivity contribution in [1.82, 2.24) is 4.98 Å². The van der Waals surface area contributed by atoms with E-state index in [1.165, 1.54) is 18.5 Å². The average Bonchev–Trinajstić information content (AvgIpc) is 3.10. The topological polar surface area (TPSA) is 36.4 Å². The molecule has 1 aromatic heterocycles. The third-order valence-corrected chi connectivity index (χ3v) is 2.98. The van der Waals surface area contributed by atoms with Gasteiger partial charge in [0.05, 0.1) is 23.7 Å². The predicted molar refractivity (Wildman–Crippen MR) is 65.5 cm³/mol. The van der Waals surface area contributed by atoms with Crippen LogP contribution in [0.5, 0.6) is 0 Å². The maximum absolute atomic E-state index is 9.40. The summed E-state index contributed by atoms with van der Waals surface area (Å²) in [7, 11) is 0. The van der Waals surface area contributed by atoms with Crippen molar-refractivity contribution >= 4 is 5.69 Å². The summed E-state index contributed by atoms with van der Waals surface area (Å²) in [4.78, 5) is 6.73. The summed E-state index contributed by atoms with van der Waals surface area (Å²) in [6, 6.07) is 4.72. The van der Waals surface area contributed by atoms with Crippen LogP contribution in [0.15, 0.2) is 18.3 Å². The monoisotopic (exact) mass is 220 g/mol. The van der Waals surface area contributed by atoms with Gasteiger partial charge >= 0.3 is 0 Å². The van der Waals surface area contributed by atoms with Crippen LogP contribution >= 0.6 is 0 Å². The zero-order valence-corrected chi connectivity index (χ0v) is 10.1. The Bertz CT molecular complexity index is 330. The van der Waals surface area contributed by atoms with Gasteiger partial charge in [0.15, 0.2) is 0 Å². The molecule has 1 aliphatic rings. The number of rotatable bonds is 5. The molecule has 0 spiro atoms. The van der Waals surface area contributed by atoms with Crippen molar-refractivity contribution < 1.29 is 5.11 Å². The highest BCUT2D eigenvalue weighted by atomic mass is 16.3. The van der Waals surface area contributed by atoms with Gasteiger partial charge in [-0.25, -0.2) is 0 Å². The van der Waals surface area contributed by atoms with Crippen LogP contribution in [0.25, 0.3) is 0 Å². The molecular weight excluding hydrogens is 200 g/mol. The van der Waals surface area contributed by atoms with Gasteiger partial charge in [-0.05, 0) is 38.3 Å². The largest absolute Gasteiger partial charge is 0.387 e. The number of hydrogen-bond donors (Lipinski definition) is 1. The zero-order valence-electron chi connectivity index (χ0n) is 10.1. The lowest BCUT2D eigenvalue weighted by Gasteiger charge is -2.23. The molecule has 1 aliphatic carbocycles. The lowest BCUT2D eigenvalue weighted by molar-refractivity contribution is 0.194. The SMILES string of the molecule is CCCN(c1ccc([C@@H](C)O)nc1)C1CC1. The van der Waals surface area contributed by atoms with E-state index in [0.717, 1.165) is 24.7 Å². The van der Waals surface area contributed by atoms with Gasteiger partial charge in [-0.3, -0.25) is 4.98 Å². The van der Waals surface area contributed by atoms with E-state index in [9.17, 15) is 5.11 Å². The van der Waals surface area contributed by atoms with Crippen LogP contribution < -0.4 is 4.90 Å². The molecule has 1 atom stereocenters. The minimum absolute atomic E-state index is 0.477. The lowest BCUT2D eigenvalue weighted by Crippen LogP contribution is -2.26. The van der Waals surface area contributed by atoms with E-state index in [0.29, 0.717) is 0 Å². The molecule has 0 aliphatic heterocycles. The van der Waals surface area contributed by atoms with Crippen molar-refractivity contribution in [2.45, 2.75) is 45.3 Å². The van der Waals surface area contributed by atoms with Crippen LogP contribution in [0, 0.1) is 0 Å². The maximum Gasteiger partial charge on any atom is 0.0931 e. The number of anilines is 1. The van der Waals surface area contributed by atoms with Crippen LogP contribution in [0.2, 0.25) is 0 Å². The van der Waals surface area contributed by atoms with Gasteiger partial charge in [0.1, 0.15) is 0 Å². The van der Waals surface area contributed by atoms with Gasteiger partial charge < -0.3 is 10.0 Å². The highest BCUT2D eigenvalue weighted by Crippen LogP contribution is 2.31. The Morgan fingerprint density at radius 1 is 1.50 bits per heavy atom. The van der Waals surface area contributed by atoms with E-state index in [2.05, 4.69) is 22.9 Å². The van der Waals surface area contributed by atoms with Crippen molar-refractivity contribution in [3.8, 4) is 0 Å². The van der Waals surface area contributed by atoms with Crippen molar-refractivity contribution in [2.75, 3.05) is 11.4 Å². The smallest absolute Gasteiger partial charge is 0.0931 e. The van der Waals surface area contributed by atoms with E-state index >= 15 is 0 Å². The molecule has 0 amide bonds. The number of pyridine rings is 1. The second-order valence-corrected chi connectivity index (χ2v) is 4.54. The predicted octanol–water partition coefficient (Wildman–Crippen LogP) is 2.51. The van der Waals surface area contributed by atoms with Gasteiger partial charge in [-0.2, -0.15) is 0 Å². The average molecular weight is 220 g/mol. The molecule has 3 nitrogen and oxygen atoms in total. The molecule has 16 heavy (non-hydrogen) atoms. The molecule has 1 aromatic rings. The van der Waals surface area contributed by atoms with Crippen LogP contribution in [-0.4, -0.2) is 22.7 Å². The normalized spacial score (nSPS) is 17.2. The quantitative estimate of drug-likeness (QED) is 0.828. The van der Waals surface area contributed by atoms with Crippen LogP contribution in [0.4, 0.5) is 5.69 Å². The second-order valence-electron chi connectivity index (χ2n) is 4.54. The van der Waals surface area contributed by atoms with Gasteiger partial charge in [0.2, 0.25) is 0 Å². The van der Waals surface area contributed by atoms with Crippen molar-refractivity contribution in [3.63, 3.8) is 0 Å². The van der Waals surface area contributed by atoms with Crippen molar-refractivity contribution in [2.24, 2.45) is 0 Å². The third-order valence-electron chi connectivity index (χ3n) is 2.98. The summed E-state index contributed by atoms with van der Waals surface area (Å²) < 4.78 is 0.